The van der Waals surface area contributed by atoms with E-state index in [2.05, 4.69) is 16.5 Å². The summed E-state index contributed by atoms with van der Waals surface area (Å²) in [5, 5.41) is 0. The summed E-state index contributed by atoms with van der Waals surface area (Å²) in [5.41, 5.74) is 0.983. The number of carbonyl (C=O) groups excluding carboxylic acids is 1. The van der Waals surface area contributed by atoms with Crippen LogP contribution in [-0.4, -0.2) is 29.2 Å². The number of unbranched alkanes of at least 4 members (excludes halogenated alkanes) is 5. The molecular weight excluding hydrogens is 328 g/mol. The summed E-state index contributed by atoms with van der Waals surface area (Å²) in [7, 11) is 0. The number of hydrogen-bond donors (Lipinski definition) is 0. The molecule has 0 N–H and O–H groups in total. The fourth-order valence-electron chi connectivity index (χ4n) is 2.48. The molecule has 0 aliphatic heterocycles. The molecule has 0 spiro atoms. The summed E-state index contributed by atoms with van der Waals surface area (Å²) in [5.74, 6) is 1.25. The molecule has 0 aliphatic carbocycles. The van der Waals surface area contributed by atoms with Crippen molar-refractivity contribution in [3.63, 3.8) is 0 Å². The van der Waals surface area contributed by atoms with Crippen LogP contribution in [0, 0.1) is 0 Å². The number of benzene rings is 1. The van der Waals surface area contributed by atoms with Crippen LogP contribution in [0.4, 0.5) is 0 Å². The van der Waals surface area contributed by atoms with Gasteiger partial charge in [-0.2, -0.15) is 0 Å². The van der Waals surface area contributed by atoms with E-state index in [9.17, 15) is 4.79 Å². The number of rotatable bonds is 12. The topological polar surface area (TPSA) is 61.3 Å². The largest absolute Gasteiger partial charge is 0.494 e. The lowest BCUT2D eigenvalue weighted by Crippen LogP contribution is -2.01. The molecule has 138 valence electrons. The summed E-state index contributed by atoms with van der Waals surface area (Å²) in [6.45, 7) is 4.57. The van der Waals surface area contributed by atoms with Crippen LogP contribution in [0.25, 0.3) is 11.4 Å². The molecule has 0 atom stereocenters. The van der Waals surface area contributed by atoms with Gasteiger partial charge in [0, 0.05) is 24.0 Å². The Hall–Kier alpha value is -2.69. The molecule has 0 bridgehead atoms. The molecule has 0 unspecified atom stereocenters. The molecule has 0 aliphatic rings. The minimum atomic E-state index is -0.341. The summed E-state index contributed by atoms with van der Waals surface area (Å²) < 4.78 is 10.7. The summed E-state index contributed by atoms with van der Waals surface area (Å²) >= 11 is 0. The minimum Gasteiger partial charge on any atom is -0.494 e. The number of aromatic nitrogens is 2. The van der Waals surface area contributed by atoms with Gasteiger partial charge in [-0.05, 0) is 43.2 Å². The Morgan fingerprint density at radius 2 is 1.54 bits per heavy atom. The van der Waals surface area contributed by atoms with Gasteiger partial charge in [0.1, 0.15) is 5.75 Å². The number of esters is 1. The molecular formula is C21H26N2O3. The lowest BCUT2D eigenvalue weighted by molar-refractivity contribution is -0.137. The summed E-state index contributed by atoms with van der Waals surface area (Å²) in [6, 6.07) is 9.67. The Labute approximate surface area is 155 Å². The number of hydrogen-bond acceptors (Lipinski definition) is 5. The van der Waals surface area contributed by atoms with E-state index in [1.807, 2.05) is 24.3 Å². The quantitative estimate of drug-likeness (QED) is 0.317. The van der Waals surface area contributed by atoms with Crippen LogP contribution >= 0.6 is 0 Å². The van der Waals surface area contributed by atoms with Crippen molar-refractivity contribution in [3.05, 3.63) is 55.4 Å². The van der Waals surface area contributed by atoms with E-state index in [-0.39, 0.29) is 5.97 Å². The highest BCUT2D eigenvalue weighted by Gasteiger charge is 2.01. The van der Waals surface area contributed by atoms with Gasteiger partial charge in [0.2, 0.25) is 0 Å². The van der Waals surface area contributed by atoms with Gasteiger partial charge < -0.3 is 9.47 Å². The number of carbonyl (C=O) groups is 1. The molecule has 0 amide bonds. The van der Waals surface area contributed by atoms with E-state index in [0.29, 0.717) is 6.61 Å². The molecule has 5 nitrogen and oxygen atoms in total. The maximum Gasteiger partial charge on any atom is 0.330 e. The molecule has 2 aromatic rings. The van der Waals surface area contributed by atoms with Gasteiger partial charge in [-0.15, -0.1) is 0 Å². The first-order valence-corrected chi connectivity index (χ1v) is 9.09. The monoisotopic (exact) mass is 354 g/mol. The normalized spacial score (nSPS) is 10.3. The highest BCUT2D eigenvalue weighted by atomic mass is 16.5. The van der Waals surface area contributed by atoms with Crippen LogP contribution in [0.2, 0.25) is 0 Å². The fourth-order valence-corrected chi connectivity index (χ4v) is 2.48. The molecule has 0 saturated carbocycles. The molecule has 1 heterocycles. The predicted octanol–water partition coefficient (Wildman–Crippen LogP) is 4.59. The Bertz CT molecular complexity index is 657. The Morgan fingerprint density at radius 3 is 2.19 bits per heavy atom. The van der Waals surface area contributed by atoms with Gasteiger partial charge in [0.05, 0.1) is 13.2 Å². The molecule has 26 heavy (non-hydrogen) atoms. The van der Waals surface area contributed by atoms with Crippen molar-refractivity contribution in [1.29, 1.82) is 0 Å². The molecule has 2 rings (SSSR count). The molecule has 0 fully saturated rings. The van der Waals surface area contributed by atoms with Gasteiger partial charge in [0.25, 0.3) is 0 Å². The third-order valence-electron chi connectivity index (χ3n) is 3.90. The van der Waals surface area contributed by atoms with E-state index in [1.54, 1.807) is 18.5 Å². The van der Waals surface area contributed by atoms with Crippen molar-refractivity contribution in [2.24, 2.45) is 0 Å². The standard InChI is InChI=1S/C21H26N2O3/c1-2-20(24)26-17-8-6-4-3-5-7-16-25-19-12-10-18(11-13-19)21-22-14-9-15-23-21/h2,9-15H,1,3-8,16-17H2. The molecule has 0 radical (unpaired) electrons. The van der Waals surface area contributed by atoms with Crippen molar-refractivity contribution in [3.8, 4) is 17.1 Å². The number of nitrogens with zero attached hydrogens (tertiary/aromatic N) is 2. The van der Waals surface area contributed by atoms with Gasteiger partial charge in [-0.25, -0.2) is 14.8 Å². The van der Waals surface area contributed by atoms with Gasteiger partial charge in [-0.3, -0.25) is 0 Å². The summed E-state index contributed by atoms with van der Waals surface area (Å²) in [6.07, 6.45) is 11.2. The van der Waals surface area contributed by atoms with Gasteiger partial charge in [-0.1, -0.05) is 32.3 Å². The zero-order chi connectivity index (χ0) is 18.5. The van der Waals surface area contributed by atoms with E-state index >= 15 is 0 Å². The van der Waals surface area contributed by atoms with E-state index in [0.717, 1.165) is 55.8 Å². The second-order valence-corrected chi connectivity index (χ2v) is 5.94. The van der Waals surface area contributed by atoms with Crippen LogP contribution in [0.5, 0.6) is 5.75 Å². The smallest absolute Gasteiger partial charge is 0.330 e. The second-order valence-electron chi connectivity index (χ2n) is 5.94. The molecule has 1 aromatic carbocycles. The predicted molar refractivity (Wildman–Crippen MR) is 102 cm³/mol. The molecule has 1 aromatic heterocycles. The van der Waals surface area contributed by atoms with Gasteiger partial charge in [0.15, 0.2) is 5.82 Å². The Morgan fingerprint density at radius 1 is 0.923 bits per heavy atom. The maximum absolute atomic E-state index is 10.9. The number of ether oxygens (including phenoxy) is 2. The van der Waals surface area contributed by atoms with Crippen molar-refractivity contribution in [1.82, 2.24) is 9.97 Å². The van der Waals surface area contributed by atoms with Crippen LogP contribution < -0.4 is 4.74 Å². The van der Waals surface area contributed by atoms with Crippen molar-refractivity contribution in [2.75, 3.05) is 13.2 Å². The lowest BCUT2D eigenvalue weighted by Gasteiger charge is -2.07. The van der Waals surface area contributed by atoms with Crippen LogP contribution in [0.15, 0.2) is 55.4 Å². The van der Waals surface area contributed by atoms with E-state index in [4.69, 9.17) is 9.47 Å². The first-order chi connectivity index (χ1) is 12.8. The molecule has 0 saturated heterocycles. The fraction of sp³-hybridized carbons (Fsp3) is 0.381. The SMILES string of the molecule is C=CC(=O)OCCCCCCCCOc1ccc(-c2ncccn2)cc1. The average Bonchev–Trinajstić information content (AvgIpc) is 2.70. The van der Waals surface area contributed by atoms with Crippen molar-refractivity contribution in [2.45, 2.75) is 38.5 Å². The first-order valence-electron chi connectivity index (χ1n) is 9.09. The minimum absolute atomic E-state index is 0.341. The zero-order valence-electron chi connectivity index (χ0n) is 15.1. The third kappa shape index (κ3) is 7.47. The van der Waals surface area contributed by atoms with Crippen LogP contribution in [0.1, 0.15) is 38.5 Å². The second kappa shape index (κ2) is 11.8. The van der Waals surface area contributed by atoms with E-state index in [1.165, 1.54) is 12.5 Å². The third-order valence-corrected chi connectivity index (χ3v) is 3.90. The summed E-state index contributed by atoms with van der Waals surface area (Å²) in [4.78, 5) is 19.3. The zero-order valence-corrected chi connectivity index (χ0v) is 15.1. The first kappa shape index (κ1) is 19.6. The average molecular weight is 354 g/mol. The highest BCUT2D eigenvalue weighted by Crippen LogP contribution is 2.19. The van der Waals surface area contributed by atoms with E-state index < -0.39 is 0 Å². The van der Waals surface area contributed by atoms with Crippen molar-refractivity contribution >= 4 is 5.97 Å². The Balaban J connectivity index is 1.51. The highest BCUT2D eigenvalue weighted by molar-refractivity contribution is 5.81. The van der Waals surface area contributed by atoms with Crippen LogP contribution in [0.3, 0.4) is 0 Å². The van der Waals surface area contributed by atoms with Crippen molar-refractivity contribution < 1.29 is 14.3 Å². The lowest BCUT2D eigenvalue weighted by atomic mass is 10.1. The maximum atomic E-state index is 10.9. The molecule has 5 heteroatoms. The Kier molecular flexibility index (Phi) is 8.90. The van der Waals surface area contributed by atoms with Gasteiger partial charge >= 0.3 is 5.97 Å². The van der Waals surface area contributed by atoms with Crippen LogP contribution in [-0.2, 0) is 9.53 Å².